The molecule has 5 nitrogen and oxygen atoms in total. The minimum atomic E-state index is -0.329. The van der Waals surface area contributed by atoms with Gasteiger partial charge in [-0.15, -0.1) is 0 Å². The fourth-order valence-corrected chi connectivity index (χ4v) is 1.61. The Morgan fingerprint density at radius 2 is 1.79 bits per heavy atom. The van der Waals surface area contributed by atoms with Crippen LogP contribution in [0.3, 0.4) is 0 Å². The molecule has 98 valence electrons. The molecule has 0 saturated heterocycles. The molecule has 2 aromatic rings. The van der Waals surface area contributed by atoms with E-state index < -0.39 is 0 Å². The minimum Gasteiger partial charge on any atom is -0.361 e. The van der Waals surface area contributed by atoms with Crippen molar-refractivity contribution in [1.82, 2.24) is 5.16 Å². The van der Waals surface area contributed by atoms with Crippen LogP contribution in [0.5, 0.6) is 0 Å². The topological polar surface area (TPSA) is 72.2 Å². The van der Waals surface area contributed by atoms with Gasteiger partial charge in [-0.25, -0.2) is 0 Å². The molecule has 0 atom stereocenters. The molecule has 5 heteroatoms. The lowest BCUT2D eigenvalue weighted by Gasteiger charge is -2.04. The van der Waals surface area contributed by atoms with E-state index in [4.69, 9.17) is 4.52 Å². The van der Waals surface area contributed by atoms with Crippen LogP contribution in [-0.2, 0) is 0 Å². The van der Waals surface area contributed by atoms with Gasteiger partial charge < -0.3 is 9.84 Å². The second-order valence-corrected chi connectivity index (χ2v) is 4.30. The van der Waals surface area contributed by atoms with Crippen LogP contribution < -0.4 is 5.32 Å². The summed E-state index contributed by atoms with van der Waals surface area (Å²) in [5, 5.41) is 6.42. The molecule has 0 aliphatic rings. The second kappa shape index (κ2) is 5.06. The molecule has 1 heterocycles. The number of hydrogen-bond acceptors (Lipinski definition) is 4. The first-order valence-corrected chi connectivity index (χ1v) is 5.84. The van der Waals surface area contributed by atoms with Gasteiger partial charge in [-0.05, 0) is 45.0 Å². The van der Waals surface area contributed by atoms with Crippen molar-refractivity contribution in [3.8, 4) is 0 Å². The SMILES string of the molecule is CC(=O)c1ccc(NC(=O)c2noc(C)c2C)cc1. The lowest BCUT2D eigenvalue weighted by Crippen LogP contribution is -2.13. The zero-order valence-electron chi connectivity index (χ0n) is 11.0. The zero-order chi connectivity index (χ0) is 14.0. The molecule has 1 aromatic carbocycles. The maximum Gasteiger partial charge on any atom is 0.278 e. The molecule has 0 fully saturated rings. The van der Waals surface area contributed by atoms with E-state index in [-0.39, 0.29) is 17.4 Å². The molecule has 0 aliphatic heterocycles. The summed E-state index contributed by atoms with van der Waals surface area (Å²) < 4.78 is 4.95. The number of rotatable bonds is 3. The van der Waals surface area contributed by atoms with E-state index in [1.807, 2.05) is 0 Å². The van der Waals surface area contributed by atoms with Crippen molar-refractivity contribution < 1.29 is 14.1 Å². The van der Waals surface area contributed by atoms with Gasteiger partial charge in [0, 0.05) is 16.8 Å². The molecule has 0 spiro atoms. The third kappa shape index (κ3) is 2.70. The standard InChI is InChI=1S/C14H14N2O3/c1-8-10(3)19-16-13(8)14(18)15-12-6-4-11(5-7-12)9(2)17/h4-7H,1-3H3,(H,15,18). The number of anilines is 1. The predicted molar refractivity (Wildman–Crippen MR) is 70.4 cm³/mol. The van der Waals surface area contributed by atoms with Crippen LogP contribution in [0.1, 0.15) is 39.1 Å². The van der Waals surface area contributed by atoms with E-state index in [1.54, 1.807) is 38.1 Å². The normalized spacial score (nSPS) is 10.3. The van der Waals surface area contributed by atoms with Crippen molar-refractivity contribution in [3.63, 3.8) is 0 Å². The molecule has 0 bridgehead atoms. The van der Waals surface area contributed by atoms with E-state index in [1.165, 1.54) is 6.92 Å². The highest BCUT2D eigenvalue weighted by atomic mass is 16.5. The zero-order valence-corrected chi connectivity index (χ0v) is 11.0. The van der Waals surface area contributed by atoms with Crippen LogP contribution in [0.25, 0.3) is 0 Å². The van der Waals surface area contributed by atoms with E-state index in [9.17, 15) is 9.59 Å². The summed E-state index contributed by atoms with van der Waals surface area (Å²) in [6.07, 6.45) is 0. The summed E-state index contributed by atoms with van der Waals surface area (Å²) in [7, 11) is 0. The average molecular weight is 258 g/mol. The molecule has 1 N–H and O–H groups in total. The van der Waals surface area contributed by atoms with Gasteiger partial charge in [0.2, 0.25) is 0 Å². The molecule has 0 saturated carbocycles. The Bertz CT molecular complexity index is 627. The Labute approximate surface area is 110 Å². The summed E-state index contributed by atoms with van der Waals surface area (Å²) in [5.41, 5.74) is 2.20. The fraction of sp³-hybridized carbons (Fsp3) is 0.214. The van der Waals surface area contributed by atoms with E-state index in [0.29, 0.717) is 17.0 Å². The molecule has 19 heavy (non-hydrogen) atoms. The highest BCUT2D eigenvalue weighted by Gasteiger charge is 2.16. The van der Waals surface area contributed by atoms with Crippen LogP contribution in [0.4, 0.5) is 5.69 Å². The van der Waals surface area contributed by atoms with Gasteiger partial charge in [0.05, 0.1) is 0 Å². The number of aromatic nitrogens is 1. The number of nitrogens with one attached hydrogen (secondary N) is 1. The smallest absolute Gasteiger partial charge is 0.278 e. The molecule has 2 rings (SSSR count). The van der Waals surface area contributed by atoms with Crippen molar-refractivity contribution >= 4 is 17.4 Å². The number of carbonyl (C=O) groups is 2. The minimum absolute atomic E-state index is 0.0131. The first kappa shape index (κ1) is 13.0. The van der Waals surface area contributed by atoms with Crippen LogP contribution in [0, 0.1) is 13.8 Å². The third-order valence-corrected chi connectivity index (χ3v) is 2.92. The molecule has 0 radical (unpaired) electrons. The number of carbonyl (C=O) groups excluding carboxylic acids is 2. The van der Waals surface area contributed by atoms with Crippen LogP contribution >= 0.6 is 0 Å². The number of benzene rings is 1. The molecule has 0 unspecified atom stereocenters. The van der Waals surface area contributed by atoms with Gasteiger partial charge in [0.25, 0.3) is 5.91 Å². The van der Waals surface area contributed by atoms with Crippen LogP contribution in [0.15, 0.2) is 28.8 Å². The number of amides is 1. The Kier molecular flexibility index (Phi) is 3.46. The second-order valence-electron chi connectivity index (χ2n) is 4.30. The predicted octanol–water partition coefficient (Wildman–Crippen LogP) is 2.75. The summed E-state index contributed by atoms with van der Waals surface area (Å²) in [6, 6.07) is 6.69. The van der Waals surface area contributed by atoms with E-state index in [2.05, 4.69) is 10.5 Å². The number of nitrogens with zero attached hydrogens (tertiary/aromatic N) is 1. The van der Waals surface area contributed by atoms with Gasteiger partial charge in [-0.3, -0.25) is 9.59 Å². The maximum absolute atomic E-state index is 12.0. The van der Waals surface area contributed by atoms with E-state index in [0.717, 1.165) is 5.56 Å². The number of hydrogen-bond donors (Lipinski definition) is 1. The summed E-state index contributed by atoms with van der Waals surface area (Å²) >= 11 is 0. The van der Waals surface area contributed by atoms with Gasteiger partial charge in [-0.1, -0.05) is 5.16 Å². The molecule has 0 aliphatic carbocycles. The number of ketones is 1. The molecular formula is C14H14N2O3. The van der Waals surface area contributed by atoms with Crippen LogP contribution in [0.2, 0.25) is 0 Å². The van der Waals surface area contributed by atoms with Crippen molar-refractivity contribution in [3.05, 3.63) is 46.8 Å². The first-order chi connectivity index (χ1) is 8.99. The number of Topliss-reactive ketones (excluding diaryl/α,β-unsaturated/α-hetero) is 1. The third-order valence-electron chi connectivity index (χ3n) is 2.92. The Morgan fingerprint density at radius 1 is 1.16 bits per heavy atom. The monoisotopic (exact) mass is 258 g/mol. The highest BCUT2D eigenvalue weighted by molar-refractivity contribution is 6.04. The lowest BCUT2D eigenvalue weighted by atomic mass is 10.1. The lowest BCUT2D eigenvalue weighted by molar-refractivity contribution is 0.101. The number of aryl methyl sites for hydroxylation is 1. The Hall–Kier alpha value is -2.43. The van der Waals surface area contributed by atoms with Gasteiger partial charge in [0.15, 0.2) is 11.5 Å². The molecule has 1 aromatic heterocycles. The average Bonchev–Trinajstić information content (AvgIpc) is 2.70. The summed E-state index contributed by atoms with van der Waals surface area (Å²) in [4.78, 5) is 23.1. The highest BCUT2D eigenvalue weighted by Crippen LogP contribution is 2.15. The van der Waals surface area contributed by atoms with Gasteiger partial charge >= 0.3 is 0 Å². The maximum atomic E-state index is 12.0. The van der Waals surface area contributed by atoms with Crippen molar-refractivity contribution in [2.75, 3.05) is 5.32 Å². The quantitative estimate of drug-likeness (QED) is 0.859. The van der Waals surface area contributed by atoms with Crippen molar-refractivity contribution in [2.24, 2.45) is 0 Å². The summed E-state index contributed by atoms with van der Waals surface area (Å²) in [6.45, 7) is 5.02. The Morgan fingerprint density at radius 3 is 2.26 bits per heavy atom. The molecule has 1 amide bonds. The summed E-state index contributed by atoms with van der Waals surface area (Å²) in [5.74, 6) is 0.280. The largest absolute Gasteiger partial charge is 0.361 e. The van der Waals surface area contributed by atoms with Gasteiger partial charge in [0.1, 0.15) is 5.76 Å². The van der Waals surface area contributed by atoms with E-state index >= 15 is 0 Å². The van der Waals surface area contributed by atoms with Crippen molar-refractivity contribution in [2.45, 2.75) is 20.8 Å². The van der Waals surface area contributed by atoms with Crippen LogP contribution in [-0.4, -0.2) is 16.8 Å². The fourth-order valence-electron chi connectivity index (χ4n) is 1.61. The first-order valence-electron chi connectivity index (χ1n) is 5.84. The Balaban J connectivity index is 2.15. The van der Waals surface area contributed by atoms with Crippen molar-refractivity contribution in [1.29, 1.82) is 0 Å². The van der Waals surface area contributed by atoms with Gasteiger partial charge in [-0.2, -0.15) is 0 Å². The molecular weight excluding hydrogens is 244 g/mol.